The first-order valence-corrected chi connectivity index (χ1v) is 6.72. The number of aliphatic carboxylic acids is 1. The highest BCUT2D eigenvalue weighted by Gasteiger charge is 2.09. The Morgan fingerprint density at radius 3 is 2.38 bits per heavy atom. The number of amides is 1. The molecule has 5 heteroatoms. The quantitative estimate of drug-likeness (QED) is 0.908. The summed E-state index contributed by atoms with van der Waals surface area (Å²) in [7, 11) is 0. The van der Waals surface area contributed by atoms with E-state index in [1.807, 2.05) is 6.92 Å². The van der Waals surface area contributed by atoms with E-state index < -0.39 is 5.97 Å². The zero-order chi connectivity index (χ0) is 15.4. The molecule has 0 aliphatic heterocycles. The van der Waals surface area contributed by atoms with Gasteiger partial charge >= 0.3 is 5.97 Å². The van der Waals surface area contributed by atoms with Gasteiger partial charge in [-0.1, -0.05) is 23.7 Å². The second-order valence-corrected chi connectivity index (χ2v) is 5.12. The molecule has 1 amide bonds. The number of carbonyl (C=O) groups excluding carboxylic acids is 1. The molecule has 4 nitrogen and oxygen atoms in total. The van der Waals surface area contributed by atoms with E-state index in [9.17, 15) is 9.59 Å². The van der Waals surface area contributed by atoms with Gasteiger partial charge in [0.15, 0.2) is 0 Å². The van der Waals surface area contributed by atoms with Crippen LogP contribution in [0, 0.1) is 6.92 Å². The number of hydrogen-bond acceptors (Lipinski definition) is 2. The van der Waals surface area contributed by atoms with E-state index >= 15 is 0 Å². The summed E-state index contributed by atoms with van der Waals surface area (Å²) in [6.07, 6.45) is -0.0372. The molecular weight excluding hydrogens is 290 g/mol. The van der Waals surface area contributed by atoms with Gasteiger partial charge in [-0.25, -0.2) is 0 Å². The van der Waals surface area contributed by atoms with E-state index in [0.29, 0.717) is 21.8 Å². The van der Waals surface area contributed by atoms with Crippen molar-refractivity contribution in [3.63, 3.8) is 0 Å². The van der Waals surface area contributed by atoms with Crippen LogP contribution >= 0.6 is 11.6 Å². The average Bonchev–Trinajstić information content (AvgIpc) is 2.40. The Morgan fingerprint density at radius 2 is 1.81 bits per heavy atom. The Bertz CT molecular complexity index is 680. The third kappa shape index (κ3) is 4.07. The number of benzene rings is 2. The van der Waals surface area contributed by atoms with E-state index in [4.69, 9.17) is 16.7 Å². The van der Waals surface area contributed by atoms with Crippen molar-refractivity contribution >= 4 is 29.2 Å². The van der Waals surface area contributed by atoms with Crippen LogP contribution in [0.2, 0.25) is 5.02 Å². The van der Waals surface area contributed by atoms with Crippen molar-refractivity contribution in [2.24, 2.45) is 0 Å². The monoisotopic (exact) mass is 303 g/mol. The molecule has 0 saturated carbocycles. The number of halogens is 1. The maximum atomic E-state index is 12.2. The van der Waals surface area contributed by atoms with Gasteiger partial charge in [-0.2, -0.15) is 0 Å². The van der Waals surface area contributed by atoms with Crippen LogP contribution in [0.1, 0.15) is 21.5 Å². The molecule has 0 atom stereocenters. The number of carbonyl (C=O) groups is 2. The third-order valence-corrected chi connectivity index (χ3v) is 3.24. The second-order valence-electron chi connectivity index (χ2n) is 4.68. The standard InChI is InChI=1S/C16H14ClNO3/c1-10-8-12(17)4-7-14(10)16(21)18-13-5-2-11(3-6-13)9-15(19)20/h2-8H,9H2,1H3,(H,18,21)(H,19,20). The van der Waals surface area contributed by atoms with E-state index in [0.717, 1.165) is 5.56 Å². The molecule has 0 aromatic heterocycles. The highest BCUT2D eigenvalue weighted by Crippen LogP contribution is 2.17. The highest BCUT2D eigenvalue weighted by molar-refractivity contribution is 6.30. The molecule has 0 aliphatic rings. The van der Waals surface area contributed by atoms with E-state index in [2.05, 4.69) is 5.32 Å². The van der Waals surface area contributed by atoms with Gasteiger partial charge in [-0.15, -0.1) is 0 Å². The normalized spacial score (nSPS) is 10.2. The summed E-state index contributed by atoms with van der Waals surface area (Å²) < 4.78 is 0. The number of nitrogens with one attached hydrogen (secondary N) is 1. The van der Waals surface area contributed by atoms with E-state index in [-0.39, 0.29) is 12.3 Å². The first kappa shape index (κ1) is 15.1. The summed E-state index contributed by atoms with van der Waals surface area (Å²) in [5, 5.41) is 12.1. The van der Waals surface area contributed by atoms with Crippen molar-refractivity contribution in [2.45, 2.75) is 13.3 Å². The highest BCUT2D eigenvalue weighted by atomic mass is 35.5. The molecule has 108 valence electrons. The topological polar surface area (TPSA) is 66.4 Å². The maximum Gasteiger partial charge on any atom is 0.307 e. The van der Waals surface area contributed by atoms with Crippen molar-refractivity contribution in [3.05, 3.63) is 64.2 Å². The smallest absolute Gasteiger partial charge is 0.307 e. The lowest BCUT2D eigenvalue weighted by Gasteiger charge is -2.08. The molecule has 2 aromatic carbocycles. The molecule has 0 aliphatic carbocycles. The van der Waals surface area contributed by atoms with Crippen molar-refractivity contribution < 1.29 is 14.7 Å². The fourth-order valence-corrected chi connectivity index (χ4v) is 2.19. The van der Waals surface area contributed by atoms with Crippen molar-refractivity contribution in [1.29, 1.82) is 0 Å². The zero-order valence-corrected chi connectivity index (χ0v) is 12.1. The molecule has 0 fully saturated rings. The van der Waals surface area contributed by atoms with Gasteiger partial charge in [0.1, 0.15) is 0 Å². The summed E-state index contributed by atoms with van der Waals surface area (Å²) in [5.41, 5.74) is 2.64. The van der Waals surface area contributed by atoms with Crippen LogP contribution in [0.5, 0.6) is 0 Å². The van der Waals surface area contributed by atoms with Crippen molar-refractivity contribution in [3.8, 4) is 0 Å². The van der Waals surface area contributed by atoms with E-state index in [1.54, 1.807) is 42.5 Å². The van der Waals surface area contributed by atoms with Gasteiger partial charge in [-0.3, -0.25) is 9.59 Å². The summed E-state index contributed by atoms with van der Waals surface area (Å²) in [4.78, 5) is 22.8. The second kappa shape index (κ2) is 6.41. The number of anilines is 1. The molecule has 2 rings (SSSR count). The minimum Gasteiger partial charge on any atom is -0.481 e. The van der Waals surface area contributed by atoms with E-state index in [1.165, 1.54) is 0 Å². The predicted molar refractivity (Wildman–Crippen MR) is 81.9 cm³/mol. The number of rotatable bonds is 4. The minimum atomic E-state index is -0.886. The number of carboxylic acid groups (broad SMARTS) is 1. The Labute approximate surface area is 127 Å². The fraction of sp³-hybridized carbons (Fsp3) is 0.125. The fourth-order valence-electron chi connectivity index (χ4n) is 1.96. The van der Waals surface area contributed by atoms with Gasteiger partial charge < -0.3 is 10.4 Å². The lowest BCUT2D eigenvalue weighted by Crippen LogP contribution is -2.13. The maximum absolute atomic E-state index is 12.2. The third-order valence-electron chi connectivity index (χ3n) is 3.00. The SMILES string of the molecule is Cc1cc(Cl)ccc1C(=O)Nc1ccc(CC(=O)O)cc1. The number of carboxylic acids is 1. The molecule has 0 radical (unpaired) electrons. The van der Waals surface area contributed by atoms with Crippen LogP contribution in [-0.2, 0) is 11.2 Å². The molecule has 0 saturated heterocycles. The van der Waals surface area contributed by atoms with Crippen LogP contribution < -0.4 is 5.32 Å². The lowest BCUT2D eigenvalue weighted by molar-refractivity contribution is -0.136. The molecular formula is C16H14ClNO3. The van der Waals surface area contributed by atoms with Gasteiger partial charge in [0, 0.05) is 16.3 Å². The van der Waals surface area contributed by atoms with Gasteiger partial charge in [0.25, 0.3) is 5.91 Å². The van der Waals surface area contributed by atoms with Crippen molar-refractivity contribution in [1.82, 2.24) is 0 Å². The van der Waals surface area contributed by atoms with Crippen molar-refractivity contribution in [2.75, 3.05) is 5.32 Å². The molecule has 0 heterocycles. The van der Waals surface area contributed by atoms with Gasteiger partial charge in [0.05, 0.1) is 6.42 Å². The minimum absolute atomic E-state index is 0.0372. The first-order chi connectivity index (χ1) is 9.95. The molecule has 0 spiro atoms. The zero-order valence-electron chi connectivity index (χ0n) is 11.4. The summed E-state index contributed by atoms with van der Waals surface area (Å²) in [6.45, 7) is 1.82. The van der Waals surface area contributed by atoms with Crippen LogP contribution in [0.15, 0.2) is 42.5 Å². The summed E-state index contributed by atoms with van der Waals surface area (Å²) in [6, 6.07) is 11.8. The summed E-state index contributed by atoms with van der Waals surface area (Å²) >= 11 is 5.86. The Hall–Kier alpha value is -2.33. The molecule has 2 aromatic rings. The number of aryl methyl sites for hydroxylation is 1. The van der Waals surface area contributed by atoms with Crippen LogP contribution in [0.4, 0.5) is 5.69 Å². The number of hydrogen-bond donors (Lipinski definition) is 2. The van der Waals surface area contributed by atoms with Crippen LogP contribution in [0.25, 0.3) is 0 Å². The lowest BCUT2D eigenvalue weighted by atomic mass is 10.1. The molecule has 2 N–H and O–H groups in total. The Kier molecular flexibility index (Phi) is 4.60. The Morgan fingerprint density at radius 1 is 1.14 bits per heavy atom. The largest absolute Gasteiger partial charge is 0.481 e. The van der Waals surface area contributed by atoms with Crippen LogP contribution in [0.3, 0.4) is 0 Å². The molecule has 21 heavy (non-hydrogen) atoms. The molecule has 0 unspecified atom stereocenters. The van der Waals surface area contributed by atoms with Gasteiger partial charge in [-0.05, 0) is 48.4 Å². The first-order valence-electron chi connectivity index (χ1n) is 6.34. The van der Waals surface area contributed by atoms with Crippen LogP contribution in [-0.4, -0.2) is 17.0 Å². The molecule has 0 bridgehead atoms. The predicted octanol–water partition coefficient (Wildman–Crippen LogP) is 3.53. The summed E-state index contributed by atoms with van der Waals surface area (Å²) in [5.74, 6) is -1.11. The van der Waals surface area contributed by atoms with Gasteiger partial charge in [0.2, 0.25) is 0 Å². The average molecular weight is 304 g/mol. The Balaban J connectivity index is 2.10.